The Hall–Kier alpha value is -0.570. The summed E-state index contributed by atoms with van der Waals surface area (Å²) in [6, 6.07) is 0.733. The number of ether oxygens (including phenoxy) is 1. The molecule has 3 aliphatic rings. The third-order valence-corrected chi connectivity index (χ3v) is 6.27. The van der Waals surface area contributed by atoms with Gasteiger partial charge in [0.25, 0.3) is 0 Å². The van der Waals surface area contributed by atoms with Crippen LogP contribution in [0.15, 0.2) is 0 Å². The highest BCUT2D eigenvalue weighted by Gasteiger charge is 2.50. The van der Waals surface area contributed by atoms with Gasteiger partial charge in [0.05, 0.1) is 26.2 Å². The number of rotatable bonds is 2. The molecule has 3 fully saturated rings. The van der Waals surface area contributed by atoms with Gasteiger partial charge in [-0.05, 0) is 44.4 Å². The van der Waals surface area contributed by atoms with Crippen LogP contribution in [0.1, 0.15) is 58.3 Å². The Morgan fingerprint density at radius 2 is 1.75 bits per heavy atom. The maximum Gasteiger partial charge on any atom is 0.302 e. The zero-order valence-corrected chi connectivity index (χ0v) is 13.1. The van der Waals surface area contributed by atoms with Crippen molar-refractivity contribution in [1.29, 1.82) is 0 Å². The standard InChI is InChI=1S/C17H30NO2/c1-13(19)20-17-14-7-6-8-15(17)16(10-9-14)18(2)11-4-3-5-12-18/h14-17H,3-12H2,1-2H3/q+1/t14-,15-,16-,17+/m1/s1. The summed E-state index contributed by atoms with van der Waals surface area (Å²) in [5, 5.41) is 0. The number of nitrogens with zero attached hydrogens (tertiary/aromatic N) is 1. The minimum Gasteiger partial charge on any atom is -0.462 e. The molecule has 0 unspecified atom stereocenters. The Labute approximate surface area is 123 Å². The Morgan fingerprint density at radius 1 is 1.00 bits per heavy atom. The monoisotopic (exact) mass is 280 g/mol. The van der Waals surface area contributed by atoms with Crippen LogP contribution >= 0.6 is 0 Å². The second-order valence-electron chi connectivity index (χ2n) is 7.56. The van der Waals surface area contributed by atoms with Gasteiger partial charge in [-0.1, -0.05) is 6.42 Å². The summed E-state index contributed by atoms with van der Waals surface area (Å²) in [7, 11) is 2.46. The highest BCUT2D eigenvalue weighted by atomic mass is 16.5. The van der Waals surface area contributed by atoms with Crippen LogP contribution in [0, 0.1) is 11.8 Å². The highest BCUT2D eigenvalue weighted by Crippen LogP contribution is 2.46. The second kappa shape index (κ2) is 5.67. The number of esters is 1. The number of hydrogen-bond donors (Lipinski definition) is 0. The molecule has 0 aromatic rings. The maximum atomic E-state index is 11.5. The summed E-state index contributed by atoms with van der Waals surface area (Å²) in [5.41, 5.74) is 0. The lowest BCUT2D eigenvalue weighted by atomic mass is 9.66. The number of hydrogen-bond acceptors (Lipinski definition) is 2. The van der Waals surface area contributed by atoms with Crippen LogP contribution in [-0.2, 0) is 9.53 Å². The van der Waals surface area contributed by atoms with Crippen LogP contribution in [-0.4, -0.2) is 42.7 Å². The molecule has 3 heteroatoms. The number of piperidine rings is 1. The van der Waals surface area contributed by atoms with Crippen molar-refractivity contribution in [3.05, 3.63) is 0 Å². The van der Waals surface area contributed by atoms with Crippen LogP contribution in [0.25, 0.3) is 0 Å². The molecule has 1 heterocycles. The highest BCUT2D eigenvalue weighted by molar-refractivity contribution is 5.66. The average Bonchev–Trinajstić information content (AvgIpc) is 2.38. The summed E-state index contributed by atoms with van der Waals surface area (Å²) < 4.78 is 7.02. The molecule has 3 rings (SSSR count). The van der Waals surface area contributed by atoms with E-state index in [1.807, 2.05) is 0 Å². The van der Waals surface area contributed by atoms with Gasteiger partial charge in [-0.3, -0.25) is 4.79 Å². The topological polar surface area (TPSA) is 26.3 Å². The normalized spacial score (nSPS) is 40.1. The molecular formula is C17H30NO2+. The van der Waals surface area contributed by atoms with Gasteiger partial charge in [0, 0.05) is 19.3 Å². The van der Waals surface area contributed by atoms with Crippen molar-refractivity contribution in [2.24, 2.45) is 11.8 Å². The van der Waals surface area contributed by atoms with Gasteiger partial charge < -0.3 is 9.22 Å². The molecule has 0 aromatic carbocycles. The van der Waals surface area contributed by atoms with Gasteiger partial charge >= 0.3 is 5.97 Å². The number of quaternary nitrogens is 1. The van der Waals surface area contributed by atoms with E-state index >= 15 is 0 Å². The number of carbonyl (C=O) groups excluding carboxylic acids is 1. The van der Waals surface area contributed by atoms with Crippen molar-refractivity contribution >= 4 is 5.97 Å². The van der Waals surface area contributed by atoms with Gasteiger partial charge in [-0.25, -0.2) is 0 Å². The van der Waals surface area contributed by atoms with Crippen LogP contribution in [0.5, 0.6) is 0 Å². The van der Waals surface area contributed by atoms with E-state index < -0.39 is 0 Å². The quantitative estimate of drug-likeness (QED) is 0.574. The van der Waals surface area contributed by atoms with Crippen molar-refractivity contribution in [3.8, 4) is 0 Å². The molecule has 0 aromatic heterocycles. The second-order valence-corrected chi connectivity index (χ2v) is 7.56. The minimum absolute atomic E-state index is 0.0751. The number of likely N-dealkylation sites (tertiary alicyclic amines) is 1. The minimum atomic E-state index is -0.0751. The van der Waals surface area contributed by atoms with E-state index in [2.05, 4.69) is 7.05 Å². The molecule has 1 aliphatic heterocycles. The lowest BCUT2D eigenvalue weighted by Crippen LogP contribution is -2.63. The smallest absolute Gasteiger partial charge is 0.302 e. The average molecular weight is 280 g/mol. The Bertz CT molecular complexity index is 362. The molecule has 20 heavy (non-hydrogen) atoms. The van der Waals surface area contributed by atoms with Crippen molar-refractivity contribution < 1.29 is 14.0 Å². The lowest BCUT2D eigenvalue weighted by molar-refractivity contribution is -0.943. The van der Waals surface area contributed by atoms with Gasteiger partial charge in [-0.2, -0.15) is 0 Å². The molecule has 3 nitrogen and oxygen atoms in total. The molecule has 4 atom stereocenters. The van der Waals surface area contributed by atoms with E-state index in [0.29, 0.717) is 11.8 Å². The summed E-state index contributed by atoms with van der Waals surface area (Å²) in [4.78, 5) is 11.5. The third kappa shape index (κ3) is 2.61. The van der Waals surface area contributed by atoms with Gasteiger partial charge in [0.1, 0.15) is 6.10 Å². The molecule has 114 valence electrons. The van der Waals surface area contributed by atoms with Gasteiger partial charge in [0.15, 0.2) is 0 Å². The zero-order valence-electron chi connectivity index (χ0n) is 13.1. The SMILES string of the molecule is CC(=O)O[C@H]1[C@@H]2CCC[C@@H]1[C@H]([N+]1(C)CCCCC1)CC2. The predicted molar refractivity (Wildman–Crippen MR) is 79.2 cm³/mol. The Morgan fingerprint density at radius 3 is 2.45 bits per heavy atom. The molecule has 1 saturated heterocycles. The van der Waals surface area contributed by atoms with E-state index in [4.69, 9.17) is 4.74 Å². The predicted octanol–water partition coefficient (Wildman–Crippen LogP) is 3.13. The summed E-state index contributed by atoms with van der Waals surface area (Å²) >= 11 is 0. The number of carbonyl (C=O) groups is 1. The van der Waals surface area contributed by atoms with E-state index in [1.54, 1.807) is 6.92 Å². The fraction of sp³-hybridized carbons (Fsp3) is 0.941. The molecule has 0 N–H and O–H groups in total. The molecule has 0 radical (unpaired) electrons. The fourth-order valence-electron chi connectivity index (χ4n) is 5.33. The van der Waals surface area contributed by atoms with Gasteiger partial charge in [-0.15, -0.1) is 0 Å². The van der Waals surface area contributed by atoms with Crippen LogP contribution in [0.3, 0.4) is 0 Å². The Kier molecular flexibility index (Phi) is 4.07. The first-order chi connectivity index (χ1) is 9.60. The van der Waals surface area contributed by atoms with Crippen LogP contribution in [0.2, 0.25) is 0 Å². The molecule has 0 spiro atoms. The molecule has 2 aliphatic carbocycles. The molecule has 0 amide bonds. The first kappa shape index (κ1) is 14.4. The third-order valence-electron chi connectivity index (χ3n) is 6.27. The Balaban J connectivity index is 1.79. The van der Waals surface area contributed by atoms with Crippen LogP contribution in [0.4, 0.5) is 0 Å². The number of fused-ring (bicyclic) bond motifs is 2. The largest absolute Gasteiger partial charge is 0.462 e. The molecule has 2 saturated carbocycles. The van der Waals surface area contributed by atoms with Crippen molar-refractivity contribution in [1.82, 2.24) is 0 Å². The summed E-state index contributed by atoms with van der Waals surface area (Å²) in [6.45, 7) is 4.24. The summed E-state index contributed by atoms with van der Waals surface area (Å²) in [5.74, 6) is 1.19. The maximum absolute atomic E-state index is 11.5. The van der Waals surface area contributed by atoms with E-state index in [1.165, 1.54) is 68.9 Å². The molecular weight excluding hydrogens is 250 g/mol. The van der Waals surface area contributed by atoms with E-state index in [-0.39, 0.29) is 12.1 Å². The summed E-state index contributed by atoms with van der Waals surface area (Å²) in [6.07, 6.45) is 10.9. The zero-order chi connectivity index (χ0) is 14.2. The van der Waals surface area contributed by atoms with E-state index in [9.17, 15) is 4.79 Å². The molecule has 2 bridgehead atoms. The van der Waals surface area contributed by atoms with Crippen LogP contribution < -0.4 is 0 Å². The first-order valence-corrected chi connectivity index (χ1v) is 8.61. The van der Waals surface area contributed by atoms with Crippen molar-refractivity contribution in [2.75, 3.05) is 20.1 Å². The van der Waals surface area contributed by atoms with Crippen molar-refractivity contribution in [3.63, 3.8) is 0 Å². The fourth-order valence-corrected chi connectivity index (χ4v) is 5.33. The lowest BCUT2D eigenvalue weighted by Gasteiger charge is -2.54. The van der Waals surface area contributed by atoms with Crippen molar-refractivity contribution in [2.45, 2.75) is 70.4 Å². The van der Waals surface area contributed by atoms with Gasteiger partial charge in [0.2, 0.25) is 0 Å². The van der Waals surface area contributed by atoms with E-state index in [0.717, 1.165) is 6.04 Å². The first-order valence-electron chi connectivity index (χ1n) is 8.61.